The number of carbonyl (C=O) groups excluding carboxylic acids is 1. The van der Waals surface area contributed by atoms with E-state index in [1.165, 1.54) is 19.2 Å². The van der Waals surface area contributed by atoms with Crippen LogP contribution in [-0.2, 0) is 6.18 Å². The van der Waals surface area contributed by atoms with Gasteiger partial charge in [0.15, 0.2) is 0 Å². The highest BCUT2D eigenvalue weighted by atomic mass is 19.4. The number of amides is 2. The third-order valence-corrected chi connectivity index (χ3v) is 6.50. The van der Waals surface area contributed by atoms with Crippen LogP contribution < -0.4 is 4.74 Å². The number of rotatable bonds is 4. The zero-order valence-electron chi connectivity index (χ0n) is 18.5. The molecule has 4 nitrogen and oxygen atoms in total. The van der Waals surface area contributed by atoms with Gasteiger partial charge in [-0.2, -0.15) is 13.2 Å². The summed E-state index contributed by atoms with van der Waals surface area (Å²) in [4.78, 5) is 16.1. The molecule has 2 heterocycles. The van der Waals surface area contributed by atoms with Gasteiger partial charge in [0.2, 0.25) is 0 Å². The summed E-state index contributed by atoms with van der Waals surface area (Å²) >= 11 is 0. The summed E-state index contributed by atoms with van der Waals surface area (Å²) in [5.74, 6) is -0.305. The van der Waals surface area contributed by atoms with E-state index in [-0.39, 0.29) is 23.7 Å². The number of alkyl halides is 3. The van der Waals surface area contributed by atoms with Gasteiger partial charge in [0, 0.05) is 25.2 Å². The highest BCUT2D eigenvalue weighted by molar-refractivity contribution is 5.80. The van der Waals surface area contributed by atoms with Crippen molar-refractivity contribution in [2.75, 3.05) is 20.7 Å². The summed E-state index contributed by atoms with van der Waals surface area (Å²) < 4.78 is 60.8. The van der Waals surface area contributed by atoms with E-state index in [9.17, 15) is 22.4 Å². The highest BCUT2D eigenvalue weighted by Crippen LogP contribution is 2.47. The van der Waals surface area contributed by atoms with Crippen LogP contribution in [0.15, 0.2) is 30.3 Å². The minimum Gasteiger partial charge on any atom is -0.496 e. The van der Waals surface area contributed by atoms with E-state index in [0.29, 0.717) is 41.6 Å². The van der Waals surface area contributed by atoms with Crippen LogP contribution in [0.4, 0.5) is 22.4 Å². The number of hydrogen-bond donors (Lipinski definition) is 0. The van der Waals surface area contributed by atoms with Crippen molar-refractivity contribution >= 4 is 6.03 Å². The molecule has 2 aliphatic rings. The molecule has 0 unspecified atom stereocenters. The van der Waals surface area contributed by atoms with E-state index in [4.69, 9.17) is 4.74 Å². The summed E-state index contributed by atoms with van der Waals surface area (Å²) in [6.45, 7) is 4.26. The first-order valence-electron chi connectivity index (χ1n) is 10.6. The van der Waals surface area contributed by atoms with Gasteiger partial charge in [0.25, 0.3) is 0 Å². The number of fused-ring (bicyclic) bond motifs is 1. The van der Waals surface area contributed by atoms with Crippen molar-refractivity contribution < 1.29 is 27.1 Å². The maximum Gasteiger partial charge on any atom is 0.416 e. The molecule has 0 aliphatic carbocycles. The van der Waals surface area contributed by atoms with Gasteiger partial charge in [-0.3, -0.25) is 0 Å². The second kappa shape index (κ2) is 7.98. The Morgan fingerprint density at radius 1 is 1.09 bits per heavy atom. The summed E-state index contributed by atoms with van der Waals surface area (Å²) in [6.07, 6.45) is -3.24. The quantitative estimate of drug-likeness (QED) is 0.519. The molecule has 32 heavy (non-hydrogen) atoms. The zero-order valence-corrected chi connectivity index (χ0v) is 18.5. The maximum absolute atomic E-state index is 14.6. The summed E-state index contributed by atoms with van der Waals surface area (Å²) in [5, 5.41) is 0. The molecular weight excluding hydrogens is 424 g/mol. The first-order valence-corrected chi connectivity index (χ1v) is 10.6. The van der Waals surface area contributed by atoms with Gasteiger partial charge < -0.3 is 14.5 Å². The van der Waals surface area contributed by atoms with Crippen LogP contribution in [0.25, 0.3) is 11.1 Å². The van der Waals surface area contributed by atoms with Gasteiger partial charge in [-0.15, -0.1) is 0 Å². The molecule has 0 radical (unpaired) electrons. The molecule has 0 spiro atoms. The smallest absolute Gasteiger partial charge is 0.416 e. The largest absolute Gasteiger partial charge is 0.496 e. The lowest BCUT2D eigenvalue weighted by molar-refractivity contribution is -0.137. The number of methoxy groups -OCH3 is 1. The fourth-order valence-electron chi connectivity index (χ4n) is 4.90. The van der Waals surface area contributed by atoms with Gasteiger partial charge in [0.1, 0.15) is 11.6 Å². The van der Waals surface area contributed by atoms with Gasteiger partial charge in [-0.05, 0) is 53.6 Å². The second-order valence-corrected chi connectivity index (χ2v) is 8.85. The van der Waals surface area contributed by atoms with E-state index >= 15 is 0 Å². The lowest BCUT2D eigenvalue weighted by atomic mass is 9.89. The Balaban J connectivity index is 1.93. The predicted octanol–water partition coefficient (Wildman–Crippen LogP) is 6.21. The molecule has 2 saturated heterocycles. The van der Waals surface area contributed by atoms with Crippen LogP contribution in [0.3, 0.4) is 0 Å². The Labute approximate surface area is 184 Å². The third kappa shape index (κ3) is 3.69. The molecule has 8 heteroatoms. The summed E-state index contributed by atoms with van der Waals surface area (Å²) in [5.41, 5.74) is 1.12. The Bertz CT molecular complexity index is 1050. The molecule has 2 aliphatic heterocycles. The van der Waals surface area contributed by atoms with E-state index in [1.54, 1.807) is 22.9 Å². The van der Waals surface area contributed by atoms with Crippen LogP contribution >= 0.6 is 0 Å². The molecule has 2 atom stereocenters. The third-order valence-electron chi connectivity index (χ3n) is 6.50. The molecule has 0 bridgehead atoms. The van der Waals surface area contributed by atoms with Gasteiger partial charge in [-0.25, -0.2) is 9.18 Å². The molecule has 2 amide bonds. The van der Waals surface area contributed by atoms with E-state index in [0.717, 1.165) is 12.1 Å². The van der Waals surface area contributed by atoms with Gasteiger partial charge in [-0.1, -0.05) is 19.9 Å². The fourth-order valence-corrected chi connectivity index (χ4v) is 4.90. The SMILES string of the molecule is COc1cc(F)c(C(C)C)cc1-c1ccc(C(F)(F)F)cc1[C@@H]1CC[C@H]2CN(C)C(=O)N21. The van der Waals surface area contributed by atoms with Gasteiger partial charge in [0.05, 0.1) is 24.8 Å². The van der Waals surface area contributed by atoms with Crippen LogP contribution in [0, 0.1) is 5.82 Å². The highest BCUT2D eigenvalue weighted by Gasteiger charge is 2.46. The van der Waals surface area contributed by atoms with Crippen molar-refractivity contribution in [3.63, 3.8) is 0 Å². The molecule has 0 aromatic heterocycles. The predicted molar refractivity (Wildman–Crippen MR) is 113 cm³/mol. The monoisotopic (exact) mass is 450 g/mol. The van der Waals surface area contributed by atoms with Crippen LogP contribution in [-0.4, -0.2) is 42.6 Å². The normalized spacial score (nSPS) is 21.0. The first kappa shape index (κ1) is 22.4. The summed E-state index contributed by atoms with van der Waals surface area (Å²) in [6, 6.07) is 5.79. The lowest BCUT2D eigenvalue weighted by Crippen LogP contribution is -2.32. The van der Waals surface area contributed by atoms with Crippen molar-refractivity contribution in [2.24, 2.45) is 0 Å². The van der Waals surface area contributed by atoms with E-state index < -0.39 is 23.6 Å². The molecular formula is C24H26F4N2O2. The molecule has 2 aromatic rings. The molecule has 172 valence electrons. The Morgan fingerprint density at radius 3 is 2.44 bits per heavy atom. The van der Waals surface area contributed by atoms with Crippen LogP contribution in [0.1, 0.15) is 55.3 Å². The average molecular weight is 450 g/mol. The number of urea groups is 1. The number of halogens is 4. The van der Waals surface area contributed by atoms with Crippen LogP contribution in [0.2, 0.25) is 0 Å². The molecule has 4 rings (SSSR count). The number of nitrogens with zero attached hydrogens (tertiary/aromatic N) is 2. The van der Waals surface area contributed by atoms with Crippen molar-refractivity contribution in [3.8, 4) is 16.9 Å². The minimum absolute atomic E-state index is 0.0266. The Hall–Kier alpha value is -2.77. The second-order valence-electron chi connectivity index (χ2n) is 8.85. The van der Waals surface area contributed by atoms with Crippen molar-refractivity contribution in [1.82, 2.24) is 9.80 Å². The number of carbonyl (C=O) groups is 1. The summed E-state index contributed by atoms with van der Waals surface area (Å²) in [7, 11) is 3.10. The standard InChI is InChI=1S/C24H26F4N2O2/c1-13(2)17-10-19(22(32-4)11-20(17)25)16-7-5-14(24(26,27)28)9-18(16)21-8-6-15-12-29(3)23(31)30(15)21/h5,7,9-11,13,15,21H,6,8,12H2,1-4H3/t15-,21-/m0/s1. The van der Waals surface area contributed by atoms with Gasteiger partial charge >= 0.3 is 12.2 Å². The van der Waals surface area contributed by atoms with E-state index in [1.807, 2.05) is 13.8 Å². The molecule has 0 N–H and O–H groups in total. The van der Waals surface area contributed by atoms with Crippen molar-refractivity contribution in [3.05, 3.63) is 52.8 Å². The lowest BCUT2D eigenvalue weighted by Gasteiger charge is -2.27. The minimum atomic E-state index is -4.52. The molecule has 0 saturated carbocycles. The molecule has 2 aromatic carbocycles. The zero-order chi connectivity index (χ0) is 23.4. The fraction of sp³-hybridized carbons (Fsp3) is 0.458. The molecule has 2 fully saturated rings. The topological polar surface area (TPSA) is 32.8 Å². The average Bonchev–Trinajstić information content (AvgIpc) is 3.26. The van der Waals surface area contributed by atoms with Crippen molar-refractivity contribution in [1.29, 1.82) is 0 Å². The Kier molecular flexibility index (Phi) is 5.59. The number of hydrogen-bond acceptors (Lipinski definition) is 2. The number of likely N-dealkylation sites (N-methyl/N-ethyl adjacent to an activating group) is 1. The number of ether oxygens (including phenoxy) is 1. The maximum atomic E-state index is 14.6. The first-order chi connectivity index (χ1) is 15.0. The Morgan fingerprint density at radius 2 is 1.81 bits per heavy atom. The number of benzene rings is 2. The van der Waals surface area contributed by atoms with Crippen molar-refractivity contribution in [2.45, 2.75) is 50.9 Å². The van der Waals surface area contributed by atoms with E-state index in [2.05, 4.69) is 0 Å². The van der Waals surface area contributed by atoms with Crippen LogP contribution in [0.5, 0.6) is 5.75 Å².